The van der Waals surface area contributed by atoms with Gasteiger partial charge in [-0.1, -0.05) is 130 Å². The molecule has 0 radical (unpaired) electrons. The SMILES string of the molecule is CC(C)(C)c1cccc(-c2c3ccccc3c(-c3ccc4ccc(-c5ccc(C6=C[N-]CC=C6)nc5)cc4c3)c3ccccc23)c1. The fraction of sp³-hybridized carbons (Fsp3) is 0.114. The van der Waals surface area contributed by atoms with Gasteiger partial charge in [0.25, 0.3) is 0 Å². The molecule has 0 spiro atoms. The first-order chi connectivity index (χ1) is 22.4. The molecule has 1 aromatic heterocycles. The maximum Gasteiger partial charge on any atom is 0.0684 e. The van der Waals surface area contributed by atoms with Crippen LogP contribution in [0.4, 0.5) is 0 Å². The van der Waals surface area contributed by atoms with Crippen molar-refractivity contribution in [1.82, 2.24) is 4.98 Å². The van der Waals surface area contributed by atoms with Crippen molar-refractivity contribution in [2.75, 3.05) is 6.54 Å². The lowest BCUT2D eigenvalue weighted by molar-refractivity contribution is 0.590. The van der Waals surface area contributed by atoms with E-state index in [1.54, 1.807) is 0 Å². The largest absolute Gasteiger partial charge is 0.687 e. The van der Waals surface area contributed by atoms with Crippen LogP contribution in [0.3, 0.4) is 0 Å². The van der Waals surface area contributed by atoms with Crippen molar-refractivity contribution in [3.63, 3.8) is 0 Å². The van der Waals surface area contributed by atoms with Crippen molar-refractivity contribution >= 4 is 37.9 Å². The second-order valence-corrected chi connectivity index (χ2v) is 13.2. The number of hydrogen-bond donors (Lipinski definition) is 0. The molecule has 8 rings (SSSR count). The van der Waals surface area contributed by atoms with Crippen LogP contribution in [0.5, 0.6) is 0 Å². The van der Waals surface area contributed by atoms with Crippen molar-refractivity contribution in [3.05, 3.63) is 162 Å². The summed E-state index contributed by atoms with van der Waals surface area (Å²) in [6.45, 7) is 7.59. The van der Waals surface area contributed by atoms with Crippen LogP contribution in [-0.2, 0) is 5.41 Å². The van der Waals surface area contributed by atoms with Gasteiger partial charge in [-0.05, 0) is 94.9 Å². The molecule has 0 aliphatic carbocycles. The zero-order valence-electron chi connectivity index (χ0n) is 26.5. The van der Waals surface area contributed by atoms with Crippen molar-refractivity contribution < 1.29 is 0 Å². The third-order valence-corrected chi connectivity index (χ3v) is 9.21. The Kier molecular flexibility index (Phi) is 6.80. The van der Waals surface area contributed by atoms with Gasteiger partial charge >= 0.3 is 0 Å². The summed E-state index contributed by atoms with van der Waals surface area (Å²) in [6, 6.07) is 44.7. The highest BCUT2D eigenvalue weighted by atomic mass is 14.8. The molecule has 0 N–H and O–H groups in total. The molecular formula is C44H35N2-. The Balaban J connectivity index is 1.28. The number of rotatable bonds is 4. The Morgan fingerprint density at radius 1 is 0.565 bits per heavy atom. The average molecular weight is 592 g/mol. The first-order valence-electron chi connectivity index (χ1n) is 16.0. The zero-order valence-corrected chi connectivity index (χ0v) is 26.5. The van der Waals surface area contributed by atoms with Crippen LogP contribution in [0.1, 0.15) is 32.0 Å². The molecule has 0 saturated carbocycles. The average Bonchev–Trinajstić information content (AvgIpc) is 3.10. The number of aromatic nitrogens is 1. The number of nitrogens with zero attached hydrogens (tertiary/aromatic N) is 2. The van der Waals surface area contributed by atoms with Gasteiger partial charge in [0.2, 0.25) is 0 Å². The Labute approximate surface area is 270 Å². The lowest BCUT2D eigenvalue weighted by Crippen LogP contribution is -2.10. The summed E-state index contributed by atoms with van der Waals surface area (Å²) in [4.78, 5) is 4.76. The van der Waals surface area contributed by atoms with E-state index in [0.29, 0.717) is 0 Å². The molecule has 7 aromatic rings. The molecule has 0 fully saturated rings. The third-order valence-electron chi connectivity index (χ3n) is 9.21. The van der Waals surface area contributed by atoms with Gasteiger partial charge in [-0.15, -0.1) is 12.6 Å². The van der Waals surface area contributed by atoms with Crippen molar-refractivity contribution in [2.45, 2.75) is 26.2 Å². The van der Waals surface area contributed by atoms with Gasteiger partial charge in [0.15, 0.2) is 0 Å². The monoisotopic (exact) mass is 591 g/mol. The first-order valence-corrected chi connectivity index (χ1v) is 16.0. The van der Waals surface area contributed by atoms with E-state index in [9.17, 15) is 0 Å². The van der Waals surface area contributed by atoms with Crippen LogP contribution >= 0.6 is 0 Å². The topological polar surface area (TPSA) is 27.0 Å². The lowest BCUT2D eigenvalue weighted by atomic mass is 9.82. The van der Waals surface area contributed by atoms with E-state index in [4.69, 9.17) is 4.98 Å². The molecule has 0 bridgehead atoms. The molecule has 6 aromatic carbocycles. The predicted molar refractivity (Wildman–Crippen MR) is 197 cm³/mol. The highest BCUT2D eigenvalue weighted by Crippen LogP contribution is 2.44. The molecule has 0 amide bonds. The van der Waals surface area contributed by atoms with Gasteiger partial charge < -0.3 is 5.32 Å². The summed E-state index contributed by atoms with van der Waals surface area (Å²) < 4.78 is 0. The van der Waals surface area contributed by atoms with Gasteiger partial charge in [-0.2, -0.15) is 6.20 Å². The maximum atomic E-state index is 4.76. The molecule has 2 heterocycles. The molecule has 0 unspecified atom stereocenters. The smallest absolute Gasteiger partial charge is 0.0684 e. The molecule has 2 heteroatoms. The fourth-order valence-electron chi connectivity index (χ4n) is 6.79. The lowest BCUT2D eigenvalue weighted by Gasteiger charge is -2.22. The van der Waals surface area contributed by atoms with Crippen molar-refractivity contribution in [3.8, 4) is 33.4 Å². The molecule has 2 nitrogen and oxygen atoms in total. The Morgan fingerprint density at radius 3 is 1.76 bits per heavy atom. The van der Waals surface area contributed by atoms with Crippen molar-refractivity contribution in [2.24, 2.45) is 0 Å². The van der Waals surface area contributed by atoms with E-state index in [1.807, 2.05) is 12.4 Å². The number of hydrogen-bond acceptors (Lipinski definition) is 1. The standard InChI is InChI=1S/C44H35N2/c1-44(2,3)36-12-8-10-31(26-36)42-37-13-4-6-15-39(37)43(40-16-7-5-14-38(40)42)32-20-18-29-17-19-30(24-35(29)25-32)33-21-22-41(46-28-33)34-11-9-23-45-27-34/h4-22,24-28H,23H2,1-3H3/q-1. The van der Waals surface area contributed by atoms with Gasteiger partial charge in [0, 0.05) is 11.8 Å². The molecule has 222 valence electrons. The summed E-state index contributed by atoms with van der Waals surface area (Å²) in [5, 5.41) is 11.9. The summed E-state index contributed by atoms with van der Waals surface area (Å²) >= 11 is 0. The van der Waals surface area contributed by atoms with Gasteiger partial charge in [0.1, 0.15) is 0 Å². The Hall–Kier alpha value is -5.47. The minimum absolute atomic E-state index is 0.0735. The Morgan fingerprint density at radius 2 is 1.17 bits per heavy atom. The third kappa shape index (κ3) is 4.97. The second-order valence-electron chi connectivity index (χ2n) is 13.2. The van der Waals surface area contributed by atoms with Crippen LogP contribution in [-0.4, -0.2) is 11.5 Å². The van der Waals surface area contributed by atoms with Crippen LogP contribution in [0.25, 0.3) is 76.6 Å². The minimum Gasteiger partial charge on any atom is -0.687 e. The first kappa shape index (κ1) is 28.0. The second kappa shape index (κ2) is 11.2. The number of fused-ring (bicyclic) bond motifs is 3. The van der Waals surface area contributed by atoms with Gasteiger partial charge in [-0.3, -0.25) is 4.98 Å². The predicted octanol–water partition coefficient (Wildman–Crippen LogP) is 12.1. The van der Waals surface area contributed by atoms with E-state index in [1.165, 1.54) is 60.1 Å². The number of benzene rings is 6. The molecule has 0 saturated heterocycles. The number of pyridine rings is 1. The quantitative estimate of drug-likeness (QED) is 0.187. The summed E-state index contributed by atoms with van der Waals surface area (Å²) in [5.41, 5.74) is 10.7. The Bertz CT molecular complexity index is 2280. The molecule has 46 heavy (non-hydrogen) atoms. The molecule has 1 aliphatic rings. The van der Waals surface area contributed by atoms with E-state index in [2.05, 4.69) is 160 Å². The maximum absolute atomic E-state index is 4.76. The molecule has 0 atom stereocenters. The summed E-state index contributed by atoms with van der Waals surface area (Å²) in [6.07, 6.45) is 8.03. The normalized spacial score (nSPS) is 13.2. The van der Waals surface area contributed by atoms with Crippen LogP contribution in [0.2, 0.25) is 0 Å². The highest BCUT2D eigenvalue weighted by Gasteiger charge is 2.19. The van der Waals surface area contributed by atoms with E-state index in [-0.39, 0.29) is 5.41 Å². The van der Waals surface area contributed by atoms with Gasteiger partial charge in [0.05, 0.1) is 5.69 Å². The van der Waals surface area contributed by atoms with E-state index in [0.717, 1.165) is 28.9 Å². The van der Waals surface area contributed by atoms with Crippen LogP contribution in [0, 0.1) is 0 Å². The fourth-order valence-corrected chi connectivity index (χ4v) is 6.79. The molecular weight excluding hydrogens is 556 g/mol. The van der Waals surface area contributed by atoms with Gasteiger partial charge in [-0.25, -0.2) is 0 Å². The van der Waals surface area contributed by atoms with Crippen LogP contribution < -0.4 is 0 Å². The zero-order chi connectivity index (χ0) is 31.3. The van der Waals surface area contributed by atoms with E-state index < -0.39 is 0 Å². The van der Waals surface area contributed by atoms with Crippen LogP contribution in [0.15, 0.2) is 146 Å². The van der Waals surface area contributed by atoms with E-state index >= 15 is 0 Å². The minimum atomic E-state index is 0.0735. The van der Waals surface area contributed by atoms with Crippen molar-refractivity contribution in [1.29, 1.82) is 0 Å². The molecule has 1 aliphatic heterocycles. The number of allylic oxidation sites excluding steroid dienone is 2. The summed E-state index contributed by atoms with van der Waals surface area (Å²) in [7, 11) is 0. The highest BCUT2D eigenvalue weighted by molar-refractivity contribution is 6.21. The summed E-state index contributed by atoms with van der Waals surface area (Å²) in [5.74, 6) is 0.